The monoisotopic (exact) mass is 426 g/mol. The lowest BCUT2D eigenvalue weighted by molar-refractivity contribution is 0.470. The Morgan fingerprint density at radius 2 is 0.939 bits per heavy atom. The van der Waals surface area contributed by atoms with Crippen molar-refractivity contribution < 1.29 is 4.74 Å². The molecule has 0 N–H and O–H groups in total. The molecular weight excluding hydrogens is 400 g/mol. The molecule has 160 valence electrons. The smallest absolute Gasteiger partial charge is 0.131 e. The summed E-state index contributed by atoms with van der Waals surface area (Å²) in [5, 5.41) is 0. The molecule has 1 heteroatoms. The Kier molecular flexibility index (Phi) is 6.31. The SMILES string of the molecule is c1ccc(Cc2ccccc2Oc2ccccc2C(c2ccccc2)c2ccccc2)cc1. The molecule has 1 nitrogen and oxygen atoms in total. The minimum atomic E-state index is 0.0879. The summed E-state index contributed by atoms with van der Waals surface area (Å²) < 4.78 is 6.64. The predicted molar refractivity (Wildman–Crippen MR) is 136 cm³/mol. The maximum absolute atomic E-state index is 6.64. The van der Waals surface area contributed by atoms with Crippen molar-refractivity contribution in [1.82, 2.24) is 0 Å². The van der Waals surface area contributed by atoms with Crippen LogP contribution in [0.1, 0.15) is 33.7 Å². The van der Waals surface area contributed by atoms with Crippen LogP contribution in [0.5, 0.6) is 11.5 Å². The minimum absolute atomic E-state index is 0.0879. The minimum Gasteiger partial charge on any atom is -0.457 e. The zero-order chi connectivity index (χ0) is 22.3. The molecule has 0 aromatic heterocycles. The van der Waals surface area contributed by atoms with Gasteiger partial charge >= 0.3 is 0 Å². The Morgan fingerprint density at radius 3 is 1.58 bits per heavy atom. The van der Waals surface area contributed by atoms with Crippen LogP contribution in [0.4, 0.5) is 0 Å². The second-order valence-electron chi connectivity index (χ2n) is 8.16. The van der Waals surface area contributed by atoms with E-state index in [2.05, 4.69) is 127 Å². The fourth-order valence-electron chi connectivity index (χ4n) is 4.34. The van der Waals surface area contributed by atoms with Crippen molar-refractivity contribution in [2.24, 2.45) is 0 Å². The van der Waals surface area contributed by atoms with E-state index in [9.17, 15) is 0 Å². The maximum Gasteiger partial charge on any atom is 0.131 e. The van der Waals surface area contributed by atoms with Gasteiger partial charge in [0.15, 0.2) is 0 Å². The highest BCUT2D eigenvalue weighted by atomic mass is 16.5. The van der Waals surface area contributed by atoms with Crippen LogP contribution in [0.2, 0.25) is 0 Å². The van der Waals surface area contributed by atoms with E-state index >= 15 is 0 Å². The fourth-order valence-corrected chi connectivity index (χ4v) is 4.34. The quantitative estimate of drug-likeness (QED) is 0.238. The number of ether oxygens (including phenoxy) is 1. The summed E-state index contributed by atoms with van der Waals surface area (Å²) >= 11 is 0. The van der Waals surface area contributed by atoms with E-state index in [1.54, 1.807) is 0 Å². The number of hydrogen-bond acceptors (Lipinski definition) is 1. The second kappa shape index (κ2) is 10.0. The average Bonchev–Trinajstić information content (AvgIpc) is 2.88. The third-order valence-corrected chi connectivity index (χ3v) is 5.93. The van der Waals surface area contributed by atoms with Gasteiger partial charge in [-0.1, -0.05) is 127 Å². The van der Waals surface area contributed by atoms with Crippen LogP contribution in [-0.4, -0.2) is 0 Å². The summed E-state index contributed by atoms with van der Waals surface area (Å²) in [5.41, 5.74) is 6.10. The van der Waals surface area contributed by atoms with Gasteiger partial charge in [0, 0.05) is 17.9 Å². The summed E-state index contributed by atoms with van der Waals surface area (Å²) in [7, 11) is 0. The summed E-state index contributed by atoms with van der Waals surface area (Å²) in [6.45, 7) is 0. The molecule has 0 fully saturated rings. The normalized spacial score (nSPS) is 10.8. The first-order chi connectivity index (χ1) is 16.4. The highest BCUT2D eigenvalue weighted by molar-refractivity contribution is 5.51. The van der Waals surface area contributed by atoms with Gasteiger partial charge < -0.3 is 4.74 Å². The topological polar surface area (TPSA) is 9.23 Å². The number of rotatable bonds is 7. The van der Waals surface area contributed by atoms with Gasteiger partial charge in [-0.25, -0.2) is 0 Å². The highest BCUT2D eigenvalue weighted by Crippen LogP contribution is 2.39. The molecule has 5 aromatic carbocycles. The van der Waals surface area contributed by atoms with Gasteiger partial charge in [-0.3, -0.25) is 0 Å². The van der Waals surface area contributed by atoms with E-state index in [0.29, 0.717) is 0 Å². The van der Waals surface area contributed by atoms with Gasteiger partial charge in [0.2, 0.25) is 0 Å². The Balaban J connectivity index is 1.55. The van der Waals surface area contributed by atoms with E-state index in [-0.39, 0.29) is 5.92 Å². The summed E-state index contributed by atoms with van der Waals surface area (Å²) in [6.07, 6.45) is 0.833. The molecule has 0 spiro atoms. The molecule has 0 saturated carbocycles. The third-order valence-electron chi connectivity index (χ3n) is 5.93. The van der Waals surface area contributed by atoms with Crippen LogP contribution in [0.25, 0.3) is 0 Å². The zero-order valence-corrected chi connectivity index (χ0v) is 18.5. The van der Waals surface area contributed by atoms with Crippen LogP contribution in [0.3, 0.4) is 0 Å². The zero-order valence-electron chi connectivity index (χ0n) is 18.5. The van der Waals surface area contributed by atoms with Crippen molar-refractivity contribution in [2.45, 2.75) is 12.3 Å². The summed E-state index contributed by atoms with van der Waals surface area (Å²) in [4.78, 5) is 0. The van der Waals surface area contributed by atoms with Crippen LogP contribution < -0.4 is 4.74 Å². The molecule has 0 aliphatic carbocycles. The molecule has 33 heavy (non-hydrogen) atoms. The van der Waals surface area contributed by atoms with Gasteiger partial charge in [-0.2, -0.15) is 0 Å². The van der Waals surface area contributed by atoms with Gasteiger partial charge in [0.1, 0.15) is 11.5 Å². The van der Waals surface area contributed by atoms with Crippen molar-refractivity contribution in [3.8, 4) is 11.5 Å². The average molecular weight is 427 g/mol. The van der Waals surface area contributed by atoms with Crippen LogP contribution >= 0.6 is 0 Å². The van der Waals surface area contributed by atoms with E-state index < -0.39 is 0 Å². The second-order valence-corrected chi connectivity index (χ2v) is 8.16. The molecule has 5 rings (SSSR count). The van der Waals surface area contributed by atoms with Gasteiger partial charge in [-0.05, 0) is 34.4 Å². The number of para-hydroxylation sites is 2. The predicted octanol–water partition coefficient (Wildman–Crippen LogP) is 8.25. The van der Waals surface area contributed by atoms with Gasteiger partial charge in [0.25, 0.3) is 0 Å². The molecule has 0 aliphatic rings. The first-order valence-electron chi connectivity index (χ1n) is 11.4. The lowest BCUT2D eigenvalue weighted by Crippen LogP contribution is -2.05. The van der Waals surface area contributed by atoms with E-state index in [0.717, 1.165) is 23.5 Å². The molecule has 0 unspecified atom stereocenters. The molecule has 0 radical (unpaired) electrons. The third kappa shape index (κ3) is 4.88. The first-order valence-corrected chi connectivity index (χ1v) is 11.4. The summed E-state index contributed by atoms with van der Waals surface area (Å²) in [5.74, 6) is 1.87. The fraction of sp³-hybridized carbons (Fsp3) is 0.0625. The largest absolute Gasteiger partial charge is 0.457 e. The van der Waals surface area contributed by atoms with Crippen molar-refractivity contribution in [2.75, 3.05) is 0 Å². The lowest BCUT2D eigenvalue weighted by Gasteiger charge is -2.22. The van der Waals surface area contributed by atoms with Crippen molar-refractivity contribution in [3.63, 3.8) is 0 Å². The highest BCUT2D eigenvalue weighted by Gasteiger charge is 2.21. The molecule has 0 saturated heterocycles. The Hall–Kier alpha value is -4.10. The van der Waals surface area contributed by atoms with Gasteiger partial charge in [-0.15, -0.1) is 0 Å². The van der Waals surface area contributed by atoms with E-state index in [1.165, 1.54) is 22.3 Å². The number of benzene rings is 5. The molecule has 0 heterocycles. The van der Waals surface area contributed by atoms with E-state index in [4.69, 9.17) is 4.74 Å². The Morgan fingerprint density at radius 1 is 0.455 bits per heavy atom. The van der Waals surface area contributed by atoms with Crippen LogP contribution in [0.15, 0.2) is 140 Å². The molecule has 0 atom stereocenters. The van der Waals surface area contributed by atoms with Crippen molar-refractivity contribution >= 4 is 0 Å². The summed E-state index contributed by atoms with van der Waals surface area (Å²) in [6, 6.07) is 48.6. The molecule has 0 aliphatic heterocycles. The Labute approximate surface area is 196 Å². The standard InChI is InChI=1S/C32H26O/c1-4-14-25(15-5-1)24-28-20-10-12-22-30(28)33-31-23-13-11-21-29(31)32(26-16-6-2-7-17-26)27-18-8-3-9-19-27/h1-23,32H,24H2. The number of hydrogen-bond donors (Lipinski definition) is 0. The van der Waals surface area contributed by atoms with Crippen molar-refractivity contribution in [1.29, 1.82) is 0 Å². The van der Waals surface area contributed by atoms with Crippen molar-refractivity contribution in [3.05, 3.63) is 167 Å². The van der Waals surface area contributed by atoms with Crippen LogP contribution in [-0.2, 0) is 6.42 Å². The maximum atomic E-state index is 6.64. The first kappa shape index (κ1) is 20.8. The van der Waals surface area contributed by atoms with E-state index in [1.807, 2.05) is 12.1 Å². The Bertz CT molecular complexity index is 1250. The molecule has 0 bridgehead atoms. The lowest BCUT2D eigenvalue weighted by atomic mass is 9.85. The molecular formula is C32H26O. The van der Waals surface area contributed by atoms with Crippen LogP contribution in [0, 0.1) is 0 Å². The molecule has 0 amide bonds. The molecule has 5 aromatic rings. The van der Waals surface area contributed by atoms with Gasteiger partial charge in [0.05, 0.1) is 0 Å².